The minimum absolute atomic E-state index is 0.207. The van der Waals surface area contributed by atoms with Gasteiger partial charge >= 0.3 is 7.60 Å². The zero-order valence-corrected chi connectivity index (χ0v) is 11.4. The van der Waals surface area contributed by atoms with Crippen molar-refractivity contribution < 1.29 is 18.4 Å². The summed E-state index contributed by atoms with van der Waals surface area (Å²) in [7, 11) is -3.25. The Bertz CT molecular complexity index is 245. The predicted molar refractivity (Wildman–Crippen MR) is 63.6 cm³/mol. The molecule has 5 nitrogen and oxygen atoms in total. The molecule has 0 fully saturated rings. The summed E-state index contributed by atoms with van der Waals surface area (Å²) in [5.74, 6) is 0.0708. The van der Waals surface area contributed by atoms with E-state index in [1.165, 1.54) is 0 Å². The molecule has 6 heteroatoms. The highest BCUT2D eigenvalue weighted by atomic mass is 31.2. The zero-order valence-electron chi connectivity index (χ0n) is 10.5. The lowest BCUT2D eigenvalue weighted by atomic mass is 10.2. The number of carbonyl (C=O) groups is 1. The highest BCUT2D eigenvalue weighted by Gasteiger charge is 2.27. The monoisotopic (exact) mass is 251 g/mol. The maximum Gasteiger partial charge on any atom is 0.340 e. The third-order valence-corrected chi connectivity index (χ3v) is 3.67. The van der Waals surface area contributed by atoms with E-state index in [1.807, 2.05) is 13.8 Å². The summed E-state index contributed by atoms with van der Waals surface area (Å²) in [6.07, 6.45) is -0.207. The second kappa shape index (κ2) is 7.82. The molecule has 0 atom stereocenters. The first kappa shape index (κ1) is 15.6. The molecule has 0 saturated carbocycles. The van der Waals surface area contributed by atoms with E-state index in [1.54, 1.807) is 13.8 Å². The van der Waals surface area contributed by atoms with Gasteiger partial charge in [-0.3, -0.25) is 9.36 Å². The van der Waals surface area contributed by atoms with E-state index in [9.17, 15) is 9.36 Å². The summed E-state index contributed by atoms with van der Waals surface area (Å²) in [4.78, 5) is 11.5. The van der Waals surface area contributed by atoms with Crippen molar-refractivity contribution in [3.63, 3.8) is 0 Å². The molecule has 0 heterocycles. The molecule has 0 radical (unpaired) electrons. The van der Waals surface area contributed by atoms with Crippen LogP contribution in [0.3, 0.4) is 0 Å². The number of amides is 1. The van der Waals surface area contributed by atoms with E-state index in [4.69, 9.17) is 9.05 Å². The molecule has 16 heavy (non-hydrogen) atoms. The normalized spacial score (nSPS) is 11.8. The molecular formula is C10H22NO4P. The Labute approximate surface area is 97.4 Å². The summed E-state index contributed by atoms with van der Waals surface area (Å²) in [5.41, 5.74) is 0. The van der Waals surface area contributed by atoms with Crippen LogP contribution in [0.2, 0.25) is 0 Å². The molecule has 0 aromatic rings. The van der Waals surface area contributed by atoms with Gasteiger partial charge in [-0.2, -0.15) is 0 Å². The maximum atomic E-state index is 12.0. The van der Waals surface area contributed by atoms with Gasteiger partial charge in [-0.1, -0.05) is 13.8 Å². The van der Waals surface area contributed by atoms with Crippen LogP contribution in [0.1, 0.15) is 27.7 Å². The number of rotatable bonds is 8. The van der Waals surface area contributed by atoms with Gasteiger partial charge in [0.2, 0.25) is 5.91 Å². The molecule has 0 saturated heterocycles. The van der Waals surface area contributed by atoms with Crippen molar-refractivity contribution in [1.82, 2.24) is 5.32 Å². The zero-order chi connectivity index (χ0) is 12.6. The van der Waals surface area contributed by atoms with Gasteiger partial charge in [0.15, 0.2) is 0 Å². The Hall–Kier alpha value is -0.380. The van der Waals surface area contributed by atoms with Crippen LogP contribution in [-0.4, -0.2) is 31.8 Å². The standard InChI is InChI=1S/C10H22NO4P/c1-5-14-16(13,15-6-2)8-10(12)11-7-9(3)4/h9H,5-8H2,1-4H3,(H,11,12). The van der Waals surface area contributed by atoms with Crippen LogP contribution in [0, 0.1) is 5.92 Å². The minimum Gasteiger partial charge on any atom is -0.355 e. The minimum atomic E-state index is -3.25. The van der Waals surface area contributed by atoms with Gasteiger partial charge < -0.3 is 14.4 Å². The van der Waals surface area contributed by atoms with E-state index in [2.05, 4.69) is 5.32 Å². The molecular weight excluding hydrogens is 229 g/mol. The van der Waals surface area contributed by atoms with Crippen molar-refractivity contribution in [2.24, 2.45) is 5.92 Å². The first-order valence-electron chi connectivity index (χ1n) is 5.58. The number of hydrogen-bond acceptors (Lipinski definition) is 4. The van der Waals surface area contributed by atoms with Gasteiger partial charge in [0.1, 0.15) is 6.16 Å². The van der Waals surface area contributed by atoms with Crippen molar-refractivity contribution in [3.8, 4) is 0 Å². The lowest BCUT2D eigenvalue weighted by Crippen LogP contribution is -2.30. The Balaban J connectivity index is 4.18. The third kappa shape index (κ3) is 6.99. The molecule has 1 amide bonds. The van der Waals surface area contributed by atoms with Crippen molar-refractivity contribution in [3.05, 3.63) is 0 Å². The molecule has 0 aromatic carbocycles. The highest BCUT2D eigenvalue weighted by Crippen LogP contribution is 2.47. The SMILES string of the molecule is CCOP(=O)(CC(=O)NCC(C)C)OCC. The quantitative estimate of drug-likeness (QED) is 0.670. The second-order valence-corrected chi connectivity index (χ2v) is 5.86. The Morgan fingerprint density at radius 2 is 1.75 bits per heavy atom. The lowest BCUT2D eigenvalue weighted by molar-refractivity contribution is -0.119. The van der Waals surface area contributed by atoms with Crippen LogP contribution in [-0.2, 0) is 18.4 Å². The molecule has 0 aliphatic rings. The first-order chi connectivity index (χ1) is 7.43. The molecule has 0 spiro atoms. The number of carbonyl (C=O) groups excluding carboxylic acids is 1. The van der Waals surface area contributed by atoms with Gasteiger partial charge in [0.25, 0.3) is 0 Å². The fourth-order valence-electron chi connectivity index (χ4n) is 1.07. The maximum absolute atomic E-state index is 12.0. The van der Waals surface area contributed by atoms with Gasteiger partial charge in [-0.15, -0.1) is 0 Å². The van der Waals surface area contributed by atoms with Gasteiger partial charge in [0.05, 0.1) is 13.2 Å². The number of nitrogens with one attached hydrogen (secondary N) is 1. The van der Waals surface area contributed by atoms with E-state index >= 15 is 0 Å². The van der Waals surface area contributed by atoms with E-state index < -0.39 is 7.60 Å². The molecule has 0 rings (SSSR count). The largest absolute Gasteiger partial charge is 0.355 e. The highest BCUT2D eigenvalue weighted by molar-refractivity contribution is 7.54. The Kier molecular flexibility index (Phi) is 7.64. The van der Waals surface area contributed by atoms with Crippen molar-refractivity contribution >= 4 is 13.5 Å². The number of hydrogen-bond donors (Lipinski definition) is 1. The molecule has 96 valence electrons. The molecule has 0 aliphatic heterocycles. The van der Waals surface area contributed by atoms with Gasteiger partial charge in [-0.05, 0) is 19.8 Å². The topological polar surface area (TPSA) is 64.6 Å². The summed E-state index contributed by atoms with van der Waals surface area (Å²) in [6, 6.07) is 0. The predicted octanol–water partition coefficient (Wildman–Crippen LogP) is 2.02. The van der Waals surface area contributed by atoms with Crippen LogP contribution in [0.15, 0.2) is 0 Å². The van der Waals surface area contributed by atoms with E-state index in [0.29, 0.717) is 12.5 Å². The molecule has 0 aromatic heterocycles. The van der Waals surface area contributed by atoms with Crippen molar-refractivity contribution in [2.75, 3.05) is 25.9 Å². The molecule has 0 bridgehead atoms. The molecule has 1 N–H and O–H groups in total. The summed E-state index contributed by atoms with van der Waals surface area (Å²) in [6.45, 7) is 8.53. The first-order valence-corrected chi connectivity index (χ1v) is 7.31. The fraction of sp³-hybridized carbons (Fsp3) is 0.900. The van der Waals surface area contributed by atoms with Gasteiger partial charge in [-0.25, -0.2) is 0 Å². The van der Waals surface area contributed by atoms with Crippen LogP contribution in [0.25, 0.3) is 0 Å². The second-order valence-electron chi connectivity index (χ2n) is 3.80. The van der Waals surface area contributed by atoms with Gasteiger partial charge in [0, 0.05) is 6.54 Å². The van der Waals surface area contributed by atoms with Crippen molar-refractivity contribution in [1.29, 1.82) is 0 Å². The average molecular weight is 251 g/mol. The lowest BCUT2D eigenvalue weighted by Gasteiger charge is -2.16. The smallest absolute Gasteiger partial charge is 0.340 e. The third-order valence-electron chi connectivity index (χ3n) is 1.70. The average Bonchev–Trinajstić information content (AvgIpc) is 2.15. The Morgan fingerprint density at radius 3 is 2.12 bits per heavy atom. The van der Waals surface area contributed by atoms with Crippen LogP contribution < -0.4 is 5.32 Å². The van der Waals surface area contributed by atoms with Crippen LogP contribution >= 0.6 is 7.60 Å². The Morgan fingerprint density at radius 1 is 1.25 bits per heavy atom. The summed E-state index contributed by atoms with van der Waals surface area (Å²) in [5, 5.41) is 2.68. The van der Waals surface area contributed by atoms with E-state index in [-0.39, 0.29) is 25.3 Å². The van der Waals surface area contributed by atoms with Crippen LogP contribution in [0.5, 0.6) is 0 Å². The fourth-order valence-corrected chi connectivity index (χ4v) is 2.58. The van der Waals surface area contributed by atoms with Crippen molar-refractivity contribution in [2.45, 2.75) is 27.7 Å². The summed E-state index contributed by atoms with van der Waals surface area (Å²) < 4.78 is 22.0. The van der Waals surface area contributed by atoms with Crippen LogP contribution in [0.4, 0.5) is 0 Å². The molecule has 0 unspecified atom stereocenters. The summed E-state index contributed by atoms with van der Waals surface area (Å²) >= 11 is 0. The van der Waals surface area contributed by atoms with E-state index in [0.717, 1.165) is 0 Å². The molecule has 0 aliphatic carbocycles.